The first-order valence-electron chi connectivity index (χ1n) is 7.03. The van der Waals surface area contributed by atoms with Crippen LogP contribution in [-0.4, -0.2) is 16.5 Å². The number of aromatic nitrogens is 2. The highest BCUT2D eigenvalue weighted by molar-refractivity contribution is 5.76. The van der Waals surface area contributed by atoms with Gasteiger partial charge in [-0.1, -0.05) is 42.5 Å². The summed E-state index contributed by atoms with van der Waals surface area (Å²) in [6.07, 6.45) is 0. The quantitative estimate of drug-likeness (QED) is 0.770. The predicted octanol–water partition coefficient (Wildman–Crippen LogP) is 3.05. The SMILES string of the molecule is Cc1nc2ccccc2nc1NC(CN)c1ccccc1. The Kier molecular flexibility index (Phi) is 3.79. The average Bonchev–Trinajstić information content (AvgIpc) is 2.53. The molecule has 0 spiro atoms. The van der Waals surface area contributed by atoms with Crippen LogP contribution in [0, 0.1) is 6.92 Å². The molecule has 4 heteroatoms. The van der Waals surface area contributed by atoms with E-state index in [0.717, 1.165) is 28.1 Å². The molecule has 0 aliphatic rings. The Hall–Kier alpha value is -2.46. The summed E-state index contributed by atoms with van der Waals surface area (Å²) in [5, 5.41) is 3.41. The van der Waals surface area contributed by atoms with Gasteiger partial charge in [0, 0.05) is 6.54 Å². The van der Waals surface area contributed by atoms with Crippen LogP contribution in [0.15, 0.2) is 54.6 Å². The lowest BCUT2D eigenvalue weighted by Crippen LogP contribution is -2.21. The molecule has 1 unspecified atom stereocenters. The van der Waals surface area contributed by atoms with E-state index in [4.69, 9.17) is 5.73 Å². The van der Waals surface area contributed by atoms with Crippen LogP contribution < -0.4 is 11.1 Å². The molecule has 0 amide bonds. The number of hydrogen-bond donors (Lipinski definition) is 2. The first-order valence-corrected chi connectivity index (χ1v) is 7.03. The molecular formula is C17H18N4. The number of hydrogen-bond acceptors (Lipinski definition) is 4. The Labute approximate surface area is 124 Å². The van der Waals surface area contributed by atoms with Gasteiger partial charge in [-0.3, -0.25) is 0 Å². The molecule has 21 heavy (non-hydrogen) atoms. The molecule has 3 aromatic rings. The first kappa shape index (κ1) is 13.5. The van der Waals surface area contributed by atoms with Gasteiger partial charge in [0.2, 0.25) is 0 Å². The molecular weight excluding hydrogens is 260 g/mol. The summed E-state index contributed by atoms with van der Waals surface area (Å²) >= 11 is 0. The minimum Gasteiger partial charge on any atom is -0.360 e. The fraction of sp³-hybridized carbons (Fsp3) is 0.176. The highest BCUT2D eigenvalue weighted by Crippen LogP contribution is 2.21. The van der Waals surface area contributed by atoms with Crippen LogP contribution in [-0.2, 0) is 0 Å². The monoisotopic (exact) mass is 278 g/mol. The van der Waals surface area contributed by atoms with E-state index < -0.39 is 0 Å². The Morgan fingerprint density at radius 3 is 2.24 bits per heavy atom. The van der Waals surface area contributed by atoms with Crippen LogP contribution in [0.5, 0.6) is 0 Å². The second-order valence-electron chi connectivity index (χ2n) is 4.99. The van der Waals surface area contributed by atoms with Crippen LogP contribution in [0.4, 0.5) is 5.82 Å². The maximum Gasteiger partial charge on any atom is 0.148 e. The van der Waals surface area contributed by atoms with Crippen molar-refractivity contribution in [3.8, 4) is 0 Å². The minimum atomic E-state index is 0.0281. The lowest BCUT2D eigenvalue weighted by Gasteiger charge is -2.19. The van der Waals surface area contributed by atoms with Crippen LogP contribution in [0.1, 0.15) is 17.3 Å². The number of nitrogens with one attached hydrogen (secondary N) is 1. The van der Waals surface area contributed by atoms with Gasteiger partial charge in [0.1, 0.15) is 5.82 Å². The molecule has 0 radical (unpaired) electrons. The molecule has 0 fully saturated rings. The largest absolute Gasteiger partial charge is 0.360 e. The number of aryl methyl sites for hydroxylation is 1. The summed E-state index contributed by atoms with van der Waals surface area (Å²) in [5.74, 6) is 0.785. The van der Waals surface area contributed by atoms with E-state index in [0.29, 0.717) is 6.54 Å². The number of para-hydroxylation sites is 2. The molecule has 1 atom stereocenters. The zero-order valence-corrected chi connectivity index (χ0v) is 12.0. The van der Waals surface area contributed by atoms with E-state index in [2.05, 4.69) is 27.4 Å². The first-order chi connectivity index (χ1) is 10.3. The van der Waals surface area contributed by atoms with Crippen molar-refractivity contribution in [3.05, 3.63) is 65.9 Å². The molecule has 106 valence electrons. The summed E-state index contributed by atoms with van der Waals surface area (Å²) < 4.78 is 0. The van der Waals surface area contributed by atoms with Crippen molar-refractivity contribution in [1.82, 2.24) is 9.97 Å². The van der Waals surface area contributed by atoms with Crippen molar-refractivity contribution >= 4 is 16.9 Å². The molecule has 4 nitrogen and oxygen atoms in total. The molecule has 0 aliphatic carbocycles. The number of nitrogens with two attached hydrogens (primary N) is 1. The van der Waals surface area contributed by atoms with Crippen molar-refractivity contribution in [3.63, 3.8) is 0 Å². The van der Waals surface area contributed by atoms with Gasteiger partial charge in [0.05, 0.1) is 22.8 Å². The third-order valence-electron chi connectivity index (χ3n) is 3.49. The summed E-state index contributed by atoms with van der Waals surface area (Å²) in [5.41, 5.74) is 9.72. The van der Waals surface area contributed by atoms with Crippen molar-refractivity contribution in [2.24, 2.45) is 5.73 Å². The molecule has 0 saturated heterocycles. The Morgan fingerprint density at radius 1 is 0.952 bits per heavy atom. The maximum absolute atomic E-state index is 5.90. The molecule has 0 bridgehead atoms. The lowest BCUT2D eigenvalue weighted by atomic mass is 10.1. The van der Waals surface area contributed by atoms with Gasteiger partial charge in [0.15, 0.2) is 0 Å². The van der Waals surface area contributed by atoms with Crippen LogP contribution >= 0.6 is 0 Å². The van der Waals surface area contributed by atoms with Gasteiger partial charge in [-0.15, -0.1) is 0 Å². The zero-order chi connectivity index (χ0) is 14.7. The third-order valence-corrected chi connectivity index (χ3v) is 3.49. The fourth-order valence-electron chi connectivity index (χ4n) is 2.35. The lowest BCUT2D eigenvalue weighted by molar-refractivity contribution is 0.782. The maximum atomic E-state index is 5.90. The van der Waals surface area contributed by atoms with Crippen LogP contribution in [0.3, 0.4) is 0 Å². The highest BCUT2D eigenvalue weighted by Gasteiger charge is 2.12. The van der Waals surface area contributed by atoms with Gasteiger partial charge >= 0.3 is 0 Å². The number of anilines is 1. The number of fused-ring (bicyclic) bond motifs is 1. The van der Waals surface area contributed by atoms with Gasteiger partial charge in [0.25, 0.3) is 0 Å². The molecule has 2 aromatic carbocycles. The van der Waals surface area contributed by atoms with E-state index in [1.807, 2.05) is 49.4 Å². The van der Waals surface area contributed by atoms with Crippen LogP contribution in [0.2, 0.25) is 0 Å². The fourth-order valence-corrected chi connectivity index (χ4v) is 2.35. The van der Waals surface area contributed by atoms with E-state index in [9.17, 15) is 0 Å². The second kappa shape index (κ2) is 5.89. The van der Waals surface area contributed by atoms with Gasteiger partial charge in [-0.2, -0.15) is 0 Å². The predicted molar refractivity (Wildman–Crippen MR) is 86.1 cm³/mol. The van der Waals surface area contributed by atoms with E-state index in [1.165, 1.54) is 0 Å². The summed E-state index contributed by atoms with van der Waals surface area (Å²) in [6.45, 7) is 2.46. The van der Waals surface area contributed by atoms with Crippen molar-refractivity contribution in [1.29, 1.82) is 0 Å². The van der Waals surface area contributed by atoms with E-state index in [1.54, 1.807) is 0 Å². The van der Waals surface area contributed by atoms with Crippen molar-refractivity contribution in [2.75, 3.05) is 11.9 Å². The summed E-state index contributed by atoms with van der Waals surface area (Å²) in [6, 6.07) is 18.0. The van der Waals surface area contributed by atoms with Gasteiger partial charge in [-0.25, -0.2) is 9.97 Å². The molecule has 0 saturated carbocycles. The Balaban J connectivity index is 1.95. The van der Waals surface area contributed by atoms with Gasteiger partial charge in [-0.05, 0) is 24.6 Å². The Morgan fingerprint density at radius 2 is 1.57 bits per heavy atom. The standard InChI is InChI=1S/C17H18N4/c1-12-17(20-15-10-6-5-9-14(15)19-12)21-16(11-18)13-7-3-2-4-8-13/h2-10,16H,11,18H2,1H3,(H,20,21). The second-order valence-corrected chi connectivity index (χ2v) is 4.99. The molecule has 3 rings (SSSR count). The van der Waals surface area contributed by atoms with E-state index in [-0.39, 0.29) is 6.04 Å². The highest BCUT2D eigenvalue weighted by atomic mass is 15.1. The Bertz CT molecular complexity index is 740. The number of benzene rings is 2. The van der Waals surface area contributed by atoms with Crippen molar-refractivity contribution < 1.29 is 0 Å². The van der Waals surface area contributed by atoms with E-state index >= 15 is 0 Å². The number of rotatable bonds is 4. The third kappa shape index (κ3) is 2.85. The normalized spacial score (nSPS) is 12.3. The zero-order valence-electron chi connectivity index (χ0n) is 12.0. The average molecular weight is 278 g/mol. The molecule has 0 aliphatic heterocycles. The molecule has 1 heterocycles. The van der Waals surface area contributed by atoms with Crippen LogP contribution in [0.25, 0.3) is 11.0 Å². The summed E-state index contributed by atoms with van der Waals surface area (Å²) in [4.78, 5) is 9.25. The minimum absolute atomic E-state index is 0.0281. The topological polar surface area (TPSA) is 63.8 Å². The molecule has 1 aromatic heterocycles. The van der Waals surface area contributed by atoms with Crippen molar-refractivity contribution in [2.45, 2.75) is 13.0 Å². The van der Waals surface area contributed by atoms with Gasteiger partial charge < -0.3 is 11.1 Å². The molecule has 3 N–H and O–H groups in total. The number of nitrogens with zero attached hydrogens (tertiary/aromatic N) is 2. The summed E-state index contributed by atoms with van der Waals surface area (Å²) in [7, 11) is 0. The smallest absolute Gasteiger partial charge is 0.148 e.